The number of benzene rings is 1. The van der Waals surface area contributed by atoms with Crippen LogP contribution in [0.3, 0.4) is 0 Å². The Labute approximate surface area is 96.7 Å². The predicted molar refractivity (Wildman–Crippen MR) is 62.9 cm³/mol. The minimum atomic E-state index is 0.723. The summed E-state index contributed by atoms with van der Waals surface area (Å²) in [6.45, 7) is 3.76. The number of rotatable bonds is 3. The van der Waals surface area contributed by atoms with Crippen molar-refractivity contribution < 1.29 is 0 Å². The number of allylic oxidation sites excluding steroid dienone is 1. The zero-order chi connectivity index (χ0) is 9.84. The summed E-state index contributed by atoms with van der Waals surface area (Å²) in [4.78, 5) is 0. The van der Waals surface area contributed by atoms with Gasteiger partial charge in [-0.25, -0.2) is 0 Å². The fraction of sp³-hybridized carbons (Fsp3) is 0.200. The topological polar surface area (TPSA) is 0 Å². The highest BCUT2D eigenvalue weighted by Gasteiger charge is 2.04. The molecule has 70 valence electrons. The van der Waals surface area contributed by atoms with Crippen molar-refractivity contribution in [2.45, 2.75) is 12.8 Å². The van der Waals surface area contributed by atoms with E-state index < -0.39 is 0 Å². The van der Waals surface area contributed by atoms with Crippen molar-refractivity contribution in [1.29, 1.82) is 0 Å². The van der Waals surface area contributed by atoms with Crippen LogP contribution in [-0.4, -0.2) is 0 Å². The molecule has 0 radical (unpaired) electrons. The molecular formula is C10H9BrCl2. The smallest absolute Gasteiger partial charge is 0.0452 e. The second kappa shape index (κ2) is 5.04. The Hall–Kier alpha value is 0.0200. The van der Waals surface area contributed by atoms with Crippen molar-refractivity contribution in [3.05, 3.63) is 44.9 Å². The molecule has 3 heteroatoms. The van der Waals surface area contributed by atoms with E-state index in [1.807, 2.05) is 18.2 Å². The molecule has 0 spiro atoms. The van der Waals surface area contributed by atoms with Crippen LogP contribution in [0.1, 0.15) is 12.0 Å². The molecule has 1 aromatic rings. The Morgan fingerprint density at radius 3 is 2.31 bits per heavy atom. The van der Waals surface area contributed by atoms with Gasteiger partial charge in [0, 0.05) is 10.0 Å². The quantitative estimate of drug-likeness (QED) is 0.743. The van der Waals surface area contributed by atoms with Gasteiger partial charge in [-0.1, -0.05) is 51.8 Å². The van der Waals surface area contributed by atoms with Crippen molar-refractivity contribution in [2.24, 2.45) is 0 Å². The van der Waals surface area contributed by atoms with Gasteiger partial charge in [-0.3, -0.25) is 0 Å². The molecule has 0 fully saturated rings. The molecule has 1 aromatic carbocycles. The minimum absolute atomic E-state index is 0.723. The third kappa shape index (κ3) is 3.34. The summed E-state index contributed by atoms with van der Waals surface area (Å²) in [5.74, 6) is 0. The second-order valence-corrected chi connectivity index (χ2v) is 4.65. The molecule has 0 atom stereocenters. The van der Waals surface area contributed by atoms with Gasteiger partial charge in [0.05, 0.1) is 0 Å². The van der Waals surface area contributed by atoms with E-state index in [2.05, 4.69) is 22.5 Å². The van der Waals surface area contributed by atoms with Gasteiger partial charge in [0.25, 0.3) is 0 Å². The van der Waals surface area contributed by atoms with Gasteiger partial charge in [0.1, 0.15) is 0 Å². The van der Waals surface area contributed by atoms with Crippen LogP contribution in [0.15, 0.2) is 29.3 Å². The lowest BCUT2D eigenvalue weighted by atomic mass is 10.1. The van der Waals surface area contributed by atoms with Crippen LogP contribution < -0.4 is 0 Å². The first-order valence-electron chi connectivity index (χ1n) is 3.87. The molecule has 0 nitrogen and oxygen atoms in total. The van der Waals surface area contributed by atoms with Crippen molar-refractivity contribution in [3.8, 4) is 0 Å². The maximum atomic E-state index is 5.98. The van der Waals surface area contributed by atoms with Gasteiger partial charge in [0.2, 0.25) is 0 Å². The normalized spacial score (nSPS) is 10.1. The lowest BCUT2D eigenvalue weighted by molar-refractivity contribution is 0.996. The molecule has 0 aliphatic carbocycles. The molecule has 0 aliphatic rings. The first-order valence-corrected chi connectivity index (χ1v) is 5.42. The highest BCUT2D eigenvalue weighted by molar-refractivity contribution is 9.11. The molecule has 0 unspecified atom stereocenters. The third-order valence-electron chi connectivity index (χ3n) is 1.71. The van der Waals surface area contributed by atoms with Gasteiger partial charge in [-0.05, 0) is 35.0 Å². The van der Waals surface area contributed by atoms with Crippen molar-refractivity contribution in [1.82, 2.24) is 0 Å². The number of hydrogen-bond donors (Lipinski definition) is 0. The highest BCUT2D eigenvalue weighted by Crippen LogP contribution is 2.26. The van der Waals surface area contributed by atoms with Crippen molar-refractivity contribution >= 4 is 39.1 Å². The average Bonchev–Trinajstić information content (AvgIpc) is 2.03. The first-order chi connectivity index (χ1) is 6.11. The van der Waals surface area contributed by atoms with Crippen LogP contribution >= 0.6 is 39.1 Å². The summed E-state index contributed by atoms with van der Waals surface area (Å²) in [6, 6.07) is 5.54. The standard InChI is InChI=1S/C10H9BrCl2/c1-7(11)5-6-8-9(12)3-2-4-10(8)13/h2-4H,1,5-6H2. The van der Waals surface area contributed by atoms with Gasteiger partial charge < -0.3 is 0 Å². The van der Waals surface area contributed by atoms with E-state index in [1.165, 1.54) is 0 Å². The molecule has 0 saturated heterocycles. The van der Waals surface area contributed by atoms with Gasteiger partial charge in [0.15, 0.2) is 0 Å². The third-order valence-corrected chi connectivity index (χ3v) is 2.81. The van der Waals surface area contributed by atoms with E-state index in [9.17, 15) is 0 Å². The van der Waals surface area contributed by atoms with E-state index in [1.54, 1.807) is 0 Å². The SMILES string of the molecule is C=C(Br)CCc1c(Cl)cccc1Cl. The Kier molecular flexibility index (Phi) is 4.30. The Morgan fingerprint density at radius 1 is 1.31 bits per heavy atom. The molecule has 0 aromatic heterocycles. The number of hydrogen-bond acceptors (Lipinski definition) is 0. The Bertz CT molecular complexity index is 300. The van der Waals surface area contributed by atoms with Crippen LogP contribution in [0.25, 0.3) is 0 Å². The summed E-state index contributed by atoms with van der Waals surface area (Å²) < 4.78 is 0.962. The van der Waals surface area contributed by atoms with Crippen molar-refractivity contribution in [3.63, 3.8) is 0 Å². The summed E-state index contributed by atoms with van der Waals surface area (Å²) in [7, 11) is 0. The largest absolute Gasteiger partial charge is 0.0888 e. The van der Waals surface area contributed by atoms with Crippen LogP contribution in [-0.2, 0) is 6.42 Å². The lowest BCUT2D eigenvalue weighted by Crippen LogP contribution is -1.87. The highest BCUT2D eigenvalue weighted by atomic mass is 79.9. The second-order valence-electron chi connectivity index (χ2n) is 2.72. The first kappa shape index (κ1) is 11.1. The van der Waals surface area contributed by atoms with Gasteiger partial charge in [-0.2, -0.15) is 0 Å². The van der Waals surface area contributed by atoms with E-state index in [4.69, 9.17) is 23.2 Å². The summed E-state index contributed by atoms with van der Waals surface area (Å²) in [5.41, 5.74) is 0.992. The van der Waals surface area contributed by atoms with E-state index in [0.29, 0.717) is 0 Å². The molecule has 1 rings (SSSR count). The van der Waals surface area contributed by atoms with Crippen molar-refractivity contribution in [2.75, 3.05) is 0 Å². The molecule has 0 heterocycles. The molecule has 0 aliphatic heterocycles. The zero-order valence-electron chi connectivity index (χ0n) is 6.99. The minimum Gasteiger partial charge on any atom is -0.0888 e. The lowest BCUT2D eigenvalue weighted by Gasteiger charge is -2.05. The van der Waals surface area contributed by atoms with Crippen LogP contribution in [0, 0.1) is 0 Å². The zero-order valence-corrected chi connectivity index (χ0v) is 10.1. The maximum Gasteiger partial charge on any atom is 0.0452 e. The Balaban J connectivity index is 2.81. The van der Waals surface area contributed by atoms with Crippen LogP contribution in [0.5, 0.6) is 0 Å². The van der Waals surface area contributed by atoms with E-state index in [0.717, 1.165) is 32.9 Å². The molecule has 0 N–H and O–H groups in total. The fourth-order valence-electron chi connectivity index (χ4n) is 1.03. The maximum absolute atomic E-state index is 5.98. The van der Waals surface area contributed by atoms with Gasteiger partial charge in [-0.15, -0.1) is 0 Å². The molecular weight excluding hydrogens is 271 g/mol. The molecule has 13 heavy (non-hydrogen) atoms. The monoisotopic (exact) mass is 278 g/mol. The molecule has 0 bridgehead atoms. The van der Waals surface area contributed by atoms with Crippen LogP contribution in [0.4, 0.5) is 0 Å². The summed E-state index contributed by atoms with van der Waals surface area (Å²) in [5, 5.41) is 1.45. The summed E-state index contributed by atoms with van der Waals surface area (Å²) in [6.07, 6.45) is 1.67. The molecule has 0 saturated carbocycles. The van der Waals surface area contributed by atoms with Crippen LogP contribution in [0.2, 0.25) is 10.0 Å². The summed E-state index contributed by atoms with van der Waals surface area (Å²) >= 11 is 15.3. The van der Waals surface area contributed by atoms with E-state index >= 15 is 0 Å². The predicted octanol–water partition coefficient (Wildman–Crippen LogP) is 4.83. The Morgan fingerprint density at radius 2 is 1.85 bits per heavy atom. The number of halogens is 3. The molecule has 0 amide bonds. The average molecular weight is 280 g/mol. The van der Waals surface area contributed by atoms with Gasteiger partial charge >= 0.3 is 0 Å². The fourth-order valence-corrected chi connectivity index (χ4v) is 1.82. The van der Waals surface area contributed by atoms with E-state index in [-0.39, 0.29) is 0 Å².